The van der Waals surface area contributed by atoms with Crippen LogP contribution in [0.2, 0.25) is 0 Å². The Morgan fingerprint density at radius 2 is 2.00 bits per heavy atom. The standard InChI is InChI=1S/C8H10O2S2/c1-12(9,11)10-7-8-5-3-2-4-6-8/h2-6H,7H2,1H3. The van der Waals surface area contributed by atoms with E-state index in [-0.39, 0.29) is 0 Å². The largest absolute Gasteiger partial charge is 0.285 e. The van der Waals surface area contributed by atoms with Crippen molar-refractivity contribution >= 4 is 20.0 Å². The van der Waals surface area contributed by atoms with Crippen LogP contribution in [0.15, 0.2) is 30.3 Å². The van der Waals surface area contributed by atoms with Crippen LogP contribution in [0.25, 0.3) is 0 Å². The summed E-state index contributed by atoms with van der Waals surface area (Å²) in [4.78, 5) is 0. The van der Waals surface area contributed by atoms with Crippen LogP contribution in [0.5, 0.6) is 0 Å². The van der Waals surface area contributed by atoms with Gasteiger partial charge in [-0.05, 0) is 5.56 Å². The lowest BCUT2D eigenvalue weighted by Crippen LogP contribution is -2.00. The van der Waals surface area contributed by atoms with Crippen molar-refractivity contribution in [2.75, 3.05) is 6.26 Å². The molecule has 0 aliphatic rings. The second-order valence-electron chi connectivity index (χ2n) is 2.45. The van der Waals surface area contributed by atoms with Gasteiger partial charge in [0.05, 0.1) is 6.61 Å². The Balaban J connectivity index is 2.56. The maximum atomic E-state index is 11.0. The van der Waals surface area contributed by atoms with Crippen LogP contribution in [0.4, 0.5) is 0 Å². The Bertz CT molecular complexity index is 329. The number of rotatable bonds is 3. The molecule has 0 radical (unpaired) electrons. The van der Waals surface area contributed by atoms with Crippen molar-refractivity contribution in [3.8, 4) is 0 Å². The monoisotopic (exact) mass is 202 g/mol. The molecule has 4 heteroatoms. The molecule has 2 nitrogen and oxygen atoms in total. The third kappa shape index (κ3) is 3.80. The van der Waals surface area contributed by atoms with Crippen molar-refractivity contribution in [1.82, 2.24) is 0 Å². The van der Waals surface area contributed by atoms with Gasteiger partial charge in [-0.3, -0.25) is 4.18 Å². The fourth-order valence-electron chi connectivity index (χ4n) is 0.749. The van der Waals surface area contributed by atoms with Crippen molar-refractivity contribution < 1.29 is 8.39 Å². The molecule has 0 amide bonds. The summed E-state index contributed by atoms with van der Waals surface area (Å²) in [5, 5.41) is 0. The third-order valence-corrected chi connectivity index (χ3v) is 2.12. The van der Waals surface area contributed by atoms with Gasteiger partial charge >= 0.3 is 0 Å². The van der Waals surface area contributed by atoms with E-state index < -0.39 is 8.77 Å². The smallest absolute Gasteiger partial charge is 0.141 e. The highest BCUT2D eigenvalue weighted by atomic mass is 32.8. The highest BCUT2D eigenvalue weighted by Gasteiger charge is 1.97. The van der Waals surface area contributed by atoms with Gasteiger partial charge in [0, 0.05) is 17.4 Å². The van der Waals surface area contributed by atoms with Crippen LogP contribution in [-0.2, 0) is 30.8 Å². The Kier molecular flexibility index (Phi) is 3.20. The lowest BCUT2D eigenvalue weighted by molar-refractivity contribution is 0.338. The van der Waals surface area contributed by atoms with Gasteiger partial charge in [0.25, 0.3) is 0 Å². The molecule has 0 aliphatic carbocycles. The predicted molar refractivity (Wildman–Crippen MR) is 52.7 cm³/mol. The molecule has 66 valence electrons. The summed E-state index contributed by atoms with van der Waals surface area (Å²) >= 11 is 4.59. The molecule has 0 saturated carbocycles. The van der Waals surface area contributed by atoms with Gasteiger partial charge in [0.1, 0.15) is 8.77 Å². The summed E-state index contributed by atoms with van der Waals surface area (Å²) in [5.41, 5.74) is 0.983. The topological polar surface area (TPSA) is 26.3 Å². The summed E-state index contributed by atoms with van der Waals surface area (Å²) in [7, 11) is -2.49. The predicted octanol–water partition coefficient (Wildman–Crippen LogP) is 1.49. The van der Waals surface area contributed by atoms with E-state index in [0.29, 0.717) is 6.61 Å². The van der Waals surface area contributed by atoms with Crippen LogP contribution >= 0.6 is 0 Å². The molecule has 0 fully saturated rings. The highest BCUT2D eigenvalue weighted by molar-refractivity contribution is 8.29. The van der Waals surface area contributed by atoms with E-state index in [1.54, 1.807) is 0 Å². The van der Waals surface area contributed by atoms with E-state index in [4.69, 9.17) is 4.18 Å². The molecule has 0 N–H and O–H groups in total. The van der Waals surface area contributed by atoms with Crippen molar-refractivity contribution in [2.24, 2.45) is 0 Å². The fourth-order valence-corrected chi connectivity index (χ4v) is 1.24. The Hall–Kier alpha value is -0.450. The van der Waals surface area contributed by atoms with Crippen molar-refractivity contribution in [3.05, 3.63) is 35.9 Å². The SMILES string of the molecule is CS(=O)(=S)OCc1ccccc1. The first-order chi connectivity index (χ1) is 5.58. The van der Waals surface area contributed by atoms with E-state index in [0.717, 1.165) is 5.56 Å². The molecule has 0 spiro atoms. The summed E-state index contributed by atoms with van der Waals surface area (Å²) in [6.45, 7) is 0.319. The lowest BCUT2D eigenvalue weighted by Gasteiger charge is -2.01. The first kappa shape index (κ1) is 9.64. The normalized spacial score (nSPS) is 15.4. The summed E-state index contributed by atoms with van der Waals surface area (Å²) in [5.74, 6) is 0. The van der Waals surface area contributed by atoms with Gasteiger partial charge in [0.2, 0.25) is 0 Å². The van der Waals surface area contributed by atoms with Crippen LogP contribution in [0.3, 0.4) is 0 Å². The van der Waals surface area contributed by atoms with Crippen molar-refractivity contribution in [2.45, 2.75) is 6.61 Å². The number of hydrogen-bond acceptors (Lipinski definition) is 3. The third-order valence-electron chi connectivity index (χ3n) is 1.28. The van der Waals surface area contributed by atoms with Crippen LogP contribution in [0.1, 0.15) is 5.56 Å². The molecular formula is C8H10O2S2. The van der Waals surface area contributed by atoms with Crippen molar-refractivity contribution in [1.29, 1.82) is 0 Å². The molecule has 0 aromatic heterocycles. The average molecular weight is 202 g/mol. The van der Waals surface area contributed by atoms with Gasteiger partial charge in [0.15, 0.2) is 0 Å². The molecule has 12 heavy (non-hydrogen) atoms. The van der Waals surface area contributed by atoms with E-state index in [2.05, 4.69) is 11.2 Å². The second-order valence-corrected chi connectivity index (χ2v) is 5.91. The van der Waals surface area contributed by atoms with E-state index >= 15 is 0 Å². The minimum Gasteiger partial charge on any atom is -0.285 e. The molecule has 1 atom stereocenters. The molecule has 1 rings (SSSR count). The average Bonchev–Trinajstić information content (AvgIpc) is 2.02. The first-order valence-electron chi connectivity index (χ1n) is 3.46. The zero-order valence-electron chi connectivity index (χ0n) is 6.73. The molecule has 0 saturated heterocycles. The van der Waals surface area contributed by atoms with Crippen molar-refractivity contribution in [3.63, 3.8) is 0 Å². The summed E-state index contributed by atoms with van der Waals surface area (Å²) < 4.78 is 15.9. The Morgan fingerprint density at radius 3 is 2.50 bits per heavy atom. The van der Waals surface area contributed by atoms with Crippen LogP contribution in [-0.4, -0.2) is 10.5 Å². The van der Waals surface area contributed by atoms with E-state index in [1.165, 1.54) is 6.26 Å². The molecular weight excluding hydrogens is 192 g/mol. The second kappa shape index (κ2) is 3.98. The number of benzene rings is 1. The minimum atomic E-state index is -2.49. The molecule has 0 bridgehead atoms. The van der Waals surface area contributed by atoms with Crippen LogP contribution < -0.4 is 0 Å². The van der Waals surface area contributed by atoms with Gasteiger partial charge in [-0.15, -0.1) is 0 Å². The molecule has 0 heterocycles. The van der Waals surface area contributed by atoms with Gasteiger partial charge < -0.3 is 0 Å². The Labute approximate surface area is 77.4 Å². The van der Waals surface area contributed by atoms with Crippen LogP contribution in [0, 0.1) is 0 Å². The molecule has 1 aromatic rings. The summed E-state index contributed by atoms with van der Waals surface area (Å²) in [6.07, 6.45) is 1.41. The van der Waals surface area contributed by atoms with Gasteiger partial charge in [-0.25, -0.2) is 4.21 Å². The lowest BCUT2D eigenvalue weighted by atomic mass is 10.2. The van der Waals surface area contributed by atoms with Gasteiger partial charge in [-0.2, -0.15) is 0 Å². The first-order valence-corrected chi connectivity index (χ1v) is 6.28. The maximum absolute atomic E-state index is 11.0. The number of hydrogen-bond donors (Lipinski definition) is 0. The Morgan fingerprint density at radius 1 is 1.42 bits per heavy atom. The van der Waals surface area contributed by atoms with E-state index in [9.17, 15) is 4.21 Å². The fraction of sp³-hybridized carbons (Fsp3) is 0.250. The molecule has 0 aliphatic heterocycles. The molecule has 1 unspecified atom stereocenters. The zero-order valence-corrected chi connectivity index (χ0v) is 8.36. The quantitative estimate of drug-likeness (QED) is 0.743. The highest BCUT2D eigenvalue weighted by Crippen LogP contribution is 2.02. The molecule has 1 aromatic carbocycles. The van der Waals surface area contributed by atoms with E-state index in [1.807, 2.05) is 30.3 Å². The maximum Gasteiger partial charge on any atom is 0.141 e. The zero-order chi connectivity index (χ0) is 9.03. The summed E-state index contributed by atoms with van der Waals surface area (Å²) in [6, 6.07) is 9.53. The minimum absolute atomic E-state index is 0.319. The van der Waals surface area contributed by atoms with Gasteiger partial charge in [-0.1, -0.05) is 30.3 Å².